The highest BCUT2D eigenvalue weighted by atomic mass is 19.1. The van der Waals surface area contributed by atoms with Crippen molar-refractivity contribution in [3.63, 3.8) is 0 Å². The lowest BCUT2D eigenvalue weighted by molar-refractivity contribution is 0.214. The van der Waals surface area contributed by atoms with E-state index in [1.807, 2.05) is 6.92 Å². The third kappa shape index (κ3) is 1.72. The number of hydrogen-bond donors (Lipinski definition) is 1. The summed E-state index contributed by atoms with van der Waals surface area (Å²) in [4.78, 5) is 0. The highest BCUT2D eigenvalue weighted by molar-refractivity contribution is 5.31. The van der Waals surface area contributed by atoms with Gasteiger partial charge in [0.2, 0.25) is 0 Å². The van der Waals surface area contributed by atoms with Crippen LogP contribution in [0.3, 0.4) is 0 Å². The molecule has 84 valence electrons. The zero-order chi connectivity index (χ0) is 11.7. The number of nitrogens with zero attached hydrogens (tertiary/aromatic N) is 2. The maximum atomic E-state index is 13.5. The summed E-state index contributed by atoms with van der Waals surface area (Å²) in [5, 5.41) is 14.1. The summed E-state index contributed by atoms with van der Waals surface area (Å²) in [6.45, 7) is 1.84. The third-order valence-electron chi connectivity index (χ3n) is 2.77. The van der Waals surface area contributed by atoms with Gasteiger partial charge in [0.15, 0.2) is 0 Å². The van der Waals surface area contributed by atoms with E-state index < -0.39 is 11.9 Å². The largest absolute Gasteiger partial charge is 0.383 e. The van der Waals surface area contributed by atoms with Crippen molar-refractivity contribution >= 4 is 0 Å². The zero-order valence-electron chi connectivity index (χ0n) is 9.18. The van der Waals surface area contributed by atoms with Crippen molar-refractivity contribution in [3.8, 4) is 0 Å². The molecule has 0 aliphatic rings. The van der Waals surface area contributed by atoms with E-state index in [-0.39, 0.29) is 5.56 Å². The Morgan fingerprint density at radius 1 is 1.31 bits per heavy atom. The molecule has 0 fully saturated rings. The van der Waals surface area contributed by atoms with Crippen molar-refractivity contribution < 1.29 is 9.50 Å². The molecule has 2 rings (SSSR count). The molecular formula is C12H13FN2O. The highest BCUT2D eigenvalue weighted by Crippen LogP contribution is 2.25. The van der Waals surface area contributed by atoms with Gasteiger partial charge in [-0.25, -0.2) is 4.39 Å². The third-order valence-corrected chi connectivity index (χ3v) is 2.77. The van der Waals surface area contributed by atoms with Crippen LogP contribution in [0.25, 0.3) is 0 Å². The van der Waals surface area contributed by atoms with Gasteiger partial charge in [-0.3, -0.25) is 4.68 Å². The molecule has 4 heteroatoms. The molecule has 2 aromatic rings. The van der Waals surface area contributed by atoms with E-state index >= 15 is 0 Å². The van der Waals surface area contributed by atoms with Gasteiger partial charge in [0.25, 0.3) is 0 Å². The SMILES string of the molecule is Cc1c(C(O)c2ccccc2F)cnn1C. The Morgan fingerprint density at radius 2 is 2.00 bits per heavy atom. The average molecular weight is 220 g/mol. The first-order chi connectivity index (χ1) is 7.61. The molecule has 1 atom stereocenters. The maximum Gasteiger partial charge on any atom is 0.129 e. The van der Waals surface area contributed by atoms with Crippen LogP contribution < -0.4 is 0 Å². The lowest BCUT2D eigenvalue weighted by atomic mass is 10.0. The molecule has 0 spiro atoms. The van der Waals surface area contributed by atoms with Crippen molar-refractivity contribution in [3.05, 3.63) is 53.1 Å². The molecule has 1 aromatic carbocycles. The second-order valence-electron chi connectivity index (χ2n) is 3.73. The van der Waals surface area contributed by atoms with Crippen LogP contribution in [-0.2, 0) is 7.05 Å². The number of rotatable bonds is 2. The van der Waals surface area contributed by atoms with Gasteiger partial charge in [0.1, 0.15) is 11.9 Å². The molecule has 1 unspecified atom stereocenters. The van der Waals surface area contributed by atoms with Crippen molar-refractivity contribution in [1.82, 2.24) is 9.78 Å². The van der Waals surface area contributed by atoms with Crippen molar-refractivity contribution in [2.24, 2.45) is 7.05 Å². The number of halogens is 1. The Hall–Kier alpha value is -1.68. The summed E-state index contributed by atoms with van der Waals surface area (Å²) >= 11 is 0. The molecule has 1 aromatic heterocycles. The quantitative estimate of drug-likeness (QED) is 0.840. The molecule has 3 nitrogen and oxygen atoms in total. The van der Waals surface area contributed by atoms with Crippen molar-refractivity contribution in [2.75, 3.05) is 0 Å². The van der Waals surface area contributed by atoms with Crippen molar-refractivity contribution in [1.29, 1.82) is 0 Å². The van der Waals surface area contributed by atoms with Crippen LogP contribution in [0.5, 0.6) is 0 Å². The molecule has 16 heavy (non-hydrogen) atoms. The van der Waals surface area contributed by atoms with Crippen molar-refractivity contribution in [2.45, 2.75) is 13.0 Å². The zero-order valence-corrected chi connectivity index (χ0v) is 9.18. The lowest BCUT2D eigenvalue weighted by Crippen LogP contribution is -2.04. The average Bonchev–Trinajstić information content (AvgIpc) is 2.60. The fraction of sp³-hybridized carbons (Fsp3) is 0.250. The second-order valence-corrected chi connectivity index (χ2v) is 3.73. The summed E-state index contributed by atoms with van der Waals surface area (Å²) in [5.41, 5.74) is 1.74. The van der Waals surface area contributed by atoms with E-state index in [0.717, 1.165) is 5.69 Å². The predicted octanol–water partition coefficient (Wildman–Crippen LogP) is 1.95. The highest BCUT2D eigenvalue weighted by Gasteiger charge is 2.18. The predicted molar refractivity (Wildman–Crippen MR) is 58.4 cm³/mol. The van der Waals surface area contributed by atoms with E-state index in [4.69, 9.17) is 0 Å². The van der Waals surface area contributed by atoms with Gasteiger partial charge in [-0.2, -0.15) is 5.10 Å². The molecule has 0 amide bonds. The molecule has 0 radical (unpaired) electrons. The topological polar surface area (TPSA) is 38.1 Å². The summed E-state index contributed by atoms with van der Waals surface area (Å²) in [6, 6.07) is 6.21. The molecule has 0 bridgehead atoms. The second kappa shape index (κ2) is 4.06. The van der Waals surface area contributed by atoms with Gasteiger partial charge < -0.3 is 5.11 Å². The fourth-order valence-electron chi connectivity index (χ4n) is 1.65. The first kappa shape index (κ1) is 10.8. The number of benzene rings is 1. The minimum absolute atomic E-state index is 0.276. The summed E-state index contributed by atoms with van der Waals surface area (Å²) in [7, 11) is 1.78. The van der Waals surface area contributed by atoms with Crippen LogP contribution in [0.15, 0.2) is 30.5 Å². The van der Waals surface area contributed by atoms with E-state index in [0.29, 0.717) is 5.56 Å². The first-order valence-corrected chi connectivity index (χ1v) is 5.02. The molecule has 0 saturated carbocycles. The number of hydrogen-bond acceptors (Lipinski definition) is 2. The Balaban J connectivity index is 2.43. The van der Waals surface area contributed by atoms with Crippen LogP contribution in [0, 0.1) is 12.7 Å². The first-order valence-electron chi connectivity index (χ1n) is 5.02. The monoisotopic (exact) mass is 220 g/mol. The van der Waals surface area contributed by atoms with Gasteiger partial charge >= 0.3 is 0 Å². The molecule has 0 aliphatic carbocycles. The number of aliphatic hydroxyl groups is 1. The Bertz CT molecular complexity index is 507. The van der Waals surface area contributed by atoms with E-state index in [9.17, 15) is 9.50 Å². The van der Waals surface area contributed by atoms with Gasteiger partial charge in [0, 0.05) is 23.9 Å². The van der Waals surface area contributed by atoms with Gasteiger partial charge in [0.05, 0.1) is 6.20 Å². The molecule has 1 N–H and O–H groups in total. The van der Waals surface area contributed by atoms with Gasteiger partial charge in [-0.1, -0.05) is 18.2 Å². The smallest absolute Gasteiger partial charge is 0.129 e. The van der Waals surface area contributed by atoms with Crippen LogP contribution >= 0.6 is 0 Å². The molecule has 1 heterocycles. The van der Waals surface area contributed by atoms with Crippen LogP contribution in [0.4, 0.5) is 4.39 Å². The van der Waals surface area contributed by atoms with E-state index in [2.05, 4.69) is 5.10 Å². The van der Waals surface area contributed by atoms with Gasteiger partial charge in [-0.05, 0) is 13.0 Å². The minimum atomic E-state index is -0.963. The number of aryl methyl sites for hydroxylation is 1. The minimum Gasteiger partial charge on any atom is -0.383 e. The molecule has 0 saturated heterocycles. The van der Waals surface area contributed by atoms with Gasteiger partial charge in [-0.15, -0.1) is 0 Å². The standard InChI is InChI=1S/C12H13FN2O/c1-8-10(7-14-15(8)2)12(16)9-5-3-4-6-11(9)13/h3-7,12,16H,1-2H3. The van der Waals surface area contributed by atoms with Crippen LogP contribution in [0.1, 0.15) is 22.9 Å². The summed E-state index contributed by atoms with van der Waals surface area (Å²) in [6.07, 6.45) is 0.599. The maximum absolute atomic E-state index is 13.5. The fourth-order valence-corrected chi connectivity index (χ4v) is 1.65. The summed E-state index contributed by atoms with van der Waals surface area (Å²) < 4.78 is 15.1. The van der Waals surface area contributed by atoms with E-state index in [1.54, 1.807) is 36.1 Å². The lowest BCUT2D eigenvalue weighted by Gasteiger charge is -2.11. The molecular weight excluding hydrogens is 207 g/mol. The number of aliphatic hydroxyl groups excluding tert-OH is 1. The number of aromatic nitrogens is 2. The van der Waals surface area contributed by atoms with Crippen LogP contribution in [-0.4, -0.2) is 14.9 Å². The Morgan fingerprint density at radius 3 is 2.56 bits per heavy atom. The Labute approximate surface area is 93.2 Å². The normalized spacial score (nSPS) is 12.8. The summed E-state index contributed by atoms with van der Waals surface area (Å²) in [5.74, 6) is -0.404. The van der Waals surface area contributed by atoms with Crippen LogP contribution in [0.2, 0.25) is 0 Å². The molecule has 0 aliphatic heterocycles. The Kier molecular flexibility index (Phi) is 2.75. The van der Waals surface area contributed by atoms with E-state index in [1.165, 1.54) is 6.07 Å².